The Kier molecular flexibility index (Phi) is 7.40. The summed E-state index contributed by atoms with van der Waals surface area (Å²) >= 11 is 11.9. The number of carbonyl (C=O) groups excluding carboxylic acids is 1. The van der Waals surface area contributed by atoms with Gasteiger partial charge in [-0.25, -0.2) is 8.42 Å². The van der Waals surface area contributed by atoms with Crippen molar-refractivity contribution >= 4 is 39.1 Å². The van der Waals surface area contributed by atoms with Gasteiger partial charge in [0.15, 0.2) is 6.61 Å². The number of sulfonamides is 1. The van der Waals surface area contributed by atoms with E-state index in [4.69, 9.17) is 27.9 Å². The SMILES string of the molecule is O=C(COc1ccc(S(=O)(=O)N2CCCCC2)cc1)NCc1ccc(Cl)cc1Cl. The van der Waals surface area contributed by atoms with Gasteiger partial charge in [0.05, 0.1) is 4.90 Å². The van der Waals surface area contributed by atoms with Crippen LogP contribution in [0.15, 0.2) is 47.4 Å². The molecule has 9 heteroatoms. The van der Waals surface area contributed by atoms with Gasteiger partial charge < -0.3 is 10.1 Å². The van der Waals surface area contributed by atoms with Crippen LogP contribution in [0.4, 0.5) is 0 Å². The van der Waals surface area contributed by atoms with Gasteiger partial charge in [0.1, 0.15) is 5.75 Å². The number of ether oxygens (including phenoxy) is 1. The van der Waals surface area contributed by atoms with Crippen molar-refractivity contribution in [1.82, 2.24) is 9.62 Å². The molecule has 0 atom stereocenters. The third-order valence-electron chi connectivity index (χ3n) is 4.64. The Labute approximate surface area is 180 Å². The lowest BCUT2D eigenvalue weighted by molar-refractivity contribution is -0.123. The van der Waals surface area contributed by atoms with Crippen LogP contribution in [-0.2, 0) is 21.4 Å². The molecular formula is C20H22Cl2N2O4S. The van der Waals surface area contributed by atoms with E-state index in [1.165, 1.54) is 16.4 Å². The molecule has 6 nitrogen and oxygen atoms in total. The van der Waals surface area contributed by atoms with Gasteiger partial charge in [0.2, 0.25) is 10.0 Å². The molecule has 1 N–H and O–H groups in total. The number of hydrogen-bond donors (Lipinski definition) is 1. The second kappa shape index (κ2) is 9.80. The lowest BCUT2D eigenvalue weighted by Gasteiger charge is -2.25. The first-order valence-corrected chi connectivity index (χ1v) is 11.5. The van der Waals surface area contributed by atoms with Crippen LogP contribution in [0, 0.1) is 0 Å². The van der Waals surface area contributed by atoms with Crippen LogP contribution < -0.4 is 10.1 Å². The van der Waals surface area contributed by atoms with E-state index in [0.717, 1.165) is 24.8 Å². The highest BCUT2D eigenvalue weighted by Crippen LogP contribution is 2.23. The van der Waals surface area contributed by atoms with Gasteiger partial charge in [-0.05, 0) is 54.8 Å². The summed E-state index contributed by atoms with van der Waals surface area (Å²) in [7, 11) is -3.48. The maximum absolute atomic E-state index is 12.6. The Morgan fingerprint density at radius 3 is 2.38 bits per heavy atom. The highest BCUT2D eigenvalue weighted by atomic mass is 35.5. The molecule has 1 fully saturated rings. The average molecular weight is 457 g/mol. The molecule has 0 unspecified atom stereocenters. The molecular weight excluding hydrogens is 435 g/mol. The molecule has 1 saturated heterocycles. The maximum Gasteiger partial charge on any atom is 0.258 e. The summed E-state index contributed by atoms with van der Waals surface area (Å²) in [5, 5.41) is 3.72. The number of nitrogens with one attached hydrogen (secondary N) is 1. The largest absolute Gasteiger partial charge is 0.484 e. The van der Waals surface area contributed by atoms with Crippen molar-refractivity contribution in [1.29, 1.82) is 0 Å². The van der Waals surface area contributed by atoms with Crippen LogP contribution in [0.3, 0.4) is 0 Å². The number of halogens is 2. The van der Waals surface area contributed by atoms with E-state index in [0.29, 0.717) is 28.9 Å². The Bertz CT molecular complexity index is 959. The fourth-order valence-corrected chi connectivity index (χ4v) is 5.01. The Morgan fingerprint density at radius 1 is 1.03 bits per heavy atom. The minimum atomic E-state index is -3.48. The molecule has 0 aromatic heterocycles. The van der Waals surface area contributed by atoms with E-state index in [2.05, 4.69) is 5.32 Å². The molecule has 1 heterocycles. The van der Waals surface area contributed by atoms with Crippen molar-refractivity contribution in [3.63, 3.8) is 0 Å². The topological polar surface area (TPSA) is 75.7 Å². The van der Waals surface area contributed by atoms with E-state index in [1.54, 1.807) is 30.3 Å². The molecule has 1 aliphatic rings. The number of carbonyl (C=O) groups is 1. The molecule has 0 bridgehead atoms. The Balaban J connectivity index is 1.51. The second-order valence-corrected chi connectivity index (χ2v) is 9.52. The van der Waals surface area contributed by atoms with Crippen LogP contribution in [0.2, 0.25) is 10.0 Å². The van der Waals surface area contributed by atoms with E-state index in [9.17, 15) is 13.2 Å². The predicted octanol–water partition coefficient (Wildman–Crippen LogP) is 3.86. The smallest absolute Gasteiger partial charge is 0.258 e. The fourth-order valence-electron chi connectivity index (χ4n) is 3.02. The molecule has 29 heavy (non-hydrogen) atoms. The normalized spacial score (nSPS) is 15.1. The Morgan fingerprint density at radius 2 is 1.72 bits per heavy atom. The highest BCUT2D eigenvalue weighted by molar-refractivity contribution is 7.89. The minimum absolute atomic E-state index is 0.191. The van der Waals surface area contributed by atoms with E-state index in [-0.39, 0.29) is 24.0 Å². The van der Waals surface area contributed by atoms with Crippen molar-refractivity contribution in [3.05, 3.63) is 58.1 Å². The summed E-state index contributed by atoms with van der Waals surface area (Å²) in [6.07, 6.45) is 2.83. The van der Waals surface area contributed by atoms with Gasteiger partial charge in [0, 0.05) is 29.7 Å². The zero-order valence-corrected chi connectivity index (χ0v) is 18.1. The number of piperidine rings is 1. The van der Waals surface area contributed by atoms with Crippen LogP contribution in [0.25, 0.3) is 0 Å². The van der Waals surface area contributed by atoms with Gasteiger partial charge in [-0.2, -0.15) is 4.31 Å². The van der Waals surface area contributed by atoms with E-state index >= 15 is 0 Å². The predicted molar refractivity (Wildman–Crippen MR) is 113 cm³/mol. The van der Waals surface area contributed by atoms with Gasteiger partial charge in [-0.3, -0.25) is 4.79 Å². The molecule has 2 aromatic rings. The van der Waals surface area contributed by atoms with Gasteiger partial charge >= 0.3 is 0 Å². The number of nitrogens with zero attached hydrogens (tertiary/aromatic N) is 1. The summed E-state index contributed by atoms with van der Waals surface area (Å²) < 4.78 is 32.2. The second-order valence-electron chi connectivity index (χ2n) is 6.74. The molecule has 1 aliphatic heterocycles. The molecule has 0 radical (unpaired) electrons. The third-order valence-corrected chi connectivity index (χ3v) is 7.14. The zero-order valence-electron chi connectivity index (χ0n) is 15.7. The maximum atomic E-state index is 12.6. The third kappa shape index (κ3) is 5.85. The fraction of sp³-hybridized carbons (Fsp3) is 0.350. The number of benzene rings is 2. The van der Waals surface area contributed by atoms with Crippen molar-refractivity contribution in [2.45, 2.75) is 30.7 Å². The Hall–Kier alpha value is -1.80. The van der Waals surface area contributed by atoms with Gasteiger partial charge in [0.25, 0.3) is 5.91 Å². The van der Waals surface area contributed by atoms with Crippen LogP contribution in [0.5, 0.6) is 5.75 Å². The van der Waals surface area contributed by atoms with Gasteiger partial charge in [-0.15, -0.1) is 0 Å². The number of hydrogen-bond acceptors (Lipinski definition) is 4. The van der Waals surface area contributed by atoms with Crippen molar-refractivity contribution in [2.75, 3.05) is 19.7 Å². The van der Waals surface area contributed by atoms with Crippen molar-refractivity contribution < 1.29 is 17.9 Å². The van der Waals surface area contributed by atoms with Crippen molar-refractivity contribution in [3.8, 4) is 5.75 Å². The summed E-state index contributed by atoms with van der Waals surface area (Å²) in [4.78, 5) is 12.2. The van der Waals surface area contributed by atoms with E-state index < -0.39 is 10.0 Å². The molecule has 156 valence electrons. The summed E-state index contributed by atoms with van der Waals surface area (Å²) in [6.45, 7) is 1.17. The molecule has 0 saturated carbocycles. The standard InChI is InChI=1S/C20H22Cl2N2O4S/c21-16-5-4-15(19(22)12-16)13-23-20(25)14-28-17-6-8-18(9-7-17)29(26,27)24-10-2-1-3-11-24/h4-9,12H,1-3,10-11,13-14H2,(H,23,25). The first kappa shape index (κ1) is 21.9. The first-order chi connectivity index (χ1) is 13.9. The quantitative estimate of drug-likeness (QED) is 0.685. The zero-order chi connectivity index (χ0) is 20.9. The lowest BCUT2D eigenvalue weighted by Crippen LogP contribution is -2.35. The molecule has 2 aromatic carbocycles. The summed E-state index contributed by atoms with van der Waals surface area (Å²) in [6, 6.07) is 11.2. The number of rotatable bonds is 7. The molecule has 0 spiro atoms. The van der Waals surface area contributed by atoms with Crippen LogP contribution >= 0.6 is 23.2 Å². The molecule has 1 amide bonds. The molecule has 0 aliphatic carbocycles. The van der Waals surface area contributed by atoms with E-state index in [1.807, 2.05) is 0 Å². The molecule has 3 rings (SSSR count). The van der Waals surface area contributed by atoms with Crippen molar-refractivity contribution in [2.24, 2.45) is 0 Å². The van der Waals surface area contributed by atoms with Gasteiger partial charge in [-0.1, -0.05) is 35.7 Å². The van der Waals surface area contributed by atoms with Crippen LogP contribution in [-0.4, -0.2) is 38.3 Å². The first-order valence-electron chi connectivity index (χ1n) is 9.30. The lowest BCUT2D eigenvalue weighted by atomic mass is 10.2. The monoisotopic (exact) mass is 456 g/mol. The summed E-state index contributed by atoms with van der Waals surface area (Å²) in [5.74, 6) is 0.100. The highest BCUT2D eigenvalue weighted by Gasteiger charge is 2.25. The average Bonchev–Trinajstić information content (AvgIpc) is 2.72. The minimum Gasteiger partial charge on any atom is -0.484 e. The van der Waals surface area contributed by atoms with Crippen LogP contribution in [0.1, 0.15) is 24.8 Å². The summed E-state index contributed by atoms with van der Waals surface area (Å²) in [5.41, 5.74) is 0.747. The number of amides is 1.